The fourth-order valence-electron chi connectivity index (χ4n) is 3.19. The molecule has 1 saturated heterocycles. The molecule has 1 aromatic carbocycles. The quantitative estimate of drug-likeness (QED) is 0.799. The number of methoxy groups -OCH3 is 1. The van der Waals surface area contributed by atoms with Crippen molar-refractivity contribution in [2.45, 2.75) is 18.8 Å². The minimum absolute atomic E-state index is 0.208. The lowest BCUT2D eigenvalue weighted by atomic mass is 9.93. The van der Waals surface area contributed by atoms with E-state index in [9.17, 15) is 4.79 Å². The molecule has 1 aromatic heterocycles. The molecule has 106 valence electrons. The number of likely N-dealkylation sites (tertiary alicyclic amines) is 1. The molecule has 0 spiro atoms. The van der Waals surface area contributed by atoms with Crippen LogP contribution in [-0.2, 0) is 11.8 Å². The highest BCUT2D eigenvalue weighted by Gasteiger charge is 2.26. The van der Waals surface area contributed by atoms with Crippen LogP contribution in [0, 0.1) is 0 Å². The van der Waals surface area contributed by atoms with Crippen molar-refractivity contribution in [2.24, 2.45) is 7.05 Å². The maximum atomic E-state index is 11.5. The number of hydrogen-bond donors (Lipinski definition) is 0. The molecule has 0 saturated carbocycles. The molecule has 1 amide bonds. The van der Waals surface area contributed by atoms with Crippen molar-refractivity contribution in [3.63, 3.8) is 0 Å². The summed E-state index contributed by atoms with van der Waals surface area (Å²) in [6.07, 6.45) is 1.79. The Labute approximate surface area is 118 Å². The second-order valence-corrected chi connectivity index (χ2v) is 5.42. The van der Waals surface area contributed by atoms with Gasteiger partial charge in [-0.2, -0.15) is 0 Å². The molecule has 3 rings (SSSR count). The molecule has 0 N–H and O–H groups in total. The van der Waals surface area contributed by atoms with Crippen LogP contribution in [0.1, 0.15) is 24.5 Å². The first-order chi connectivity index (χ1) is 9.70. The van der Waals surface area contributed by atoms with Crippen molar-refractivity contribution in [3.8, 4) is 0 Å². The number of benzene rings is 1. The minimum Gasteiger partial charge on any atom is -0.453 e. The number of nitrogens with zero attached hydrogens (tertiary/aromatic N) is 2. The molecule has 1 aliphatic heterocycles. The lowest BCUT2D eigenvalue weighted by molar-refractivity contribution is 0.112. The van der Waals surface area contributed by atoms with Crippen LogP contribution in [0.4, 0.5) is 4.79 Å². The third-order valence-corrected chi connectivity index (χ3v) is 4.33. The first kappa shape index (κ1) is 13.0. The Kier molecular flexibility index (Phi) is 3.38. The summed E-state index contributed by atoms with van der Waals surface area (Å²) in [5, 5.41) is 1.29. The maximum Gasteiger partial charge on any atom is 0.409 e. The number of fused-ring (bicyclic) bond motifs is 1. The van der Waals surface area contributed by atoms with E-state index in [1.807, 2.05) is 0 Å². The van der Waals surface area contributed by atoms with E-state index in [0.717, 1.165) is 25.9 Å². The van der Waals surface area contributed by atoms with Gasteiger partial charge >= 0.3 is 6.09 Å². The lowest BCUT2D eigenvalue weighted by Gasteiger charge is -2.31. The van der Waals surface area contributed by atoms with E-state index in [-0.39, 0.29) is 6.09 Å². The van der Waals surface area contributed by atoms with E-state index in [2.05, 4.69) is 41.9 Å². The predicted octanol–water partition coefficient (Wildman–Crippen LogP) is 3.12. The Morgan fingerprint density at radius 1 is 1.25 bits per heavy atom. The molecule has 0 atom stereocenters. The molecule has 1 fully saturated rings. The molecule has 0 bridgehead atoms. The topological polar surface area (TPSA) is 34.5 Å². The average molecular weight is 272 g/mol. The average Bonchev–Trinajstić information content (AvgIpc) is 2.84. The zero-order chi connectivity index (χ0) is 14.1. The van der Waals surface area contributed by atoms with Crippen molar-refractivity contribution in [1.29, 1.82) is 0 Å². The van der Waals surface area contributed by atoms with Crippen LogP contribution in [0.15, 0.2) is 30.3 Å². The molecule has 0 aliphatic carbocycles. The van der Waals surface area contributed by atoms with Gasteiger partial charge in [-0.15, -0.1) is 0 Å². The molecular weight excluding hydrogens is 252 g/mol. The van der Waals surface area contributed by atoms with Crippen LogP contribution >= 0.6 is 0 Å². The minimum atomic E-state index is -0.208. The van der Waals surface area contributed by atoms with E-state index >= 15 is 0 Å². The van der Waals surface area contributed by atoms with Gasteiger partial charge in [-0.05, 0) is 30.4 Å². The molecule has 2 aromatic rings. The van der Waals surface area contributed by atoms with Gasteiger partial charge < -0.3 is 14.2 Å². The second-order valence-electron chi connectivity index (χ2n) is 5.42. The van der Waals surface area contributed by atoms with Crippen LogP contribution in [-0.4, -0.2) is 35.8 Å². The summed E-state index contributed by atoms with van der Waals surface area (Å²) in [4.78, 5) is 13.3. The normalized spacial score (nSPS) is 16.6. The number of carbonyl (C=O) groups is 1. The fourth-order valence-corrected chi connectivity index (χ4v) is 3.19. The van der Waals surface area contributed by atoms with Crippen molar-refractivity contribution in [2.75, 3.05) is 20.2 Å². The largest absolute Gasteiger partial charge is 0.453 e. The summed E-state index contributed by atoms with van der Waals surface area (Å²) in [7, 11) is 3.57. The van der Waals surface area contributed by atoms with E-state index in [1.165, 1.54) is 23.7 Å². The first-order valence-electron chi connectivity index (χ1n) is 7.08. The molecule has 1 aliphatic rings. The van der Waals surface area contributed by atoms with E-state index in [1.54, 1.807) is 4.90 Å². The molecule has 0 unspecified atom stereocenters. The van der Waals surface area contributed by atoms with Crippen molar-refractivity contribution in [1.82, 2.24) is 9.47 Å². The number of piperidine rings is 1. The molecule has 4 nitrogen and oxygen atoms in total. The maximum absolute atomic E-state index is 11.5. The number of ether oxygens (including phenoxy) is 1. The zero-order valence-electron chi connectivity index (χ0n) is 12.0. The Hall–Kier alpha value is -1.97. The molecule has 20 heavy (non-hydrogen) atoms. The Morgan fingerprint density at radius 3 is 2.60 bits per heavy atom. The summed E-state index contributed by atoms with van der Waals surface area (Å²) in [5.74, 6) is 0.522. The number of hydrogen-bond acceptors (Lipinski definition) is 2. The number of rotatable bonds is 1. The SMILES string of the molecule is COC(=O)N1CCC(c2cc3ccccc3n2C)CC1. The van der Waals surface area contributed by atoms with Crippen LogP contribution in [0.25, 0.3) is 10.9 Å². The van der Waals surface area contributed by atoms with Crippen molar-refractivity contribution < 1.29 is 9.53 Å². The van der Waals surface area contributed by atoms with Gasteiger partial charge in [0.2, 0.25) is 0 Å². The Balaban J connectivity index is 1.80. The molecule has 4 heteroatoms. The third kappa shape index (κ3) is 2.15. The Bertz CT molecular complexity index is 624. The predicted molar refractivity (Wildman–Crippen MR) is 78.9 cm³/mol. The highest BCUT2D eigenvalue weighted by atomic mass is 16.5. The highest BCUT2D eigenvalue weighted by Crippen LogP contribution is 2.31. The monoisotopic (exact) mass is 272 g/mol. The zero-order valence-corrected chi connectivity index (χ0v) is 12.0. The van der Waals surface area contributed by atoms with Crippen LogP contribution in [0.3, 0.4) is 0 Å². The van der Waals surface area contributed by atoms with Gasteiger partial charge in [0.05, 0.1) is 7.11 Å². The standard InChI is InChI=1S/C16H20N2O2/c1-17-14-6-4-3-5-13(14)11-15(17)12-7-9-18(10-8-12)16(19)20-2/h3-6,11-12H,7-10H2,1-2H3. The number of aryl methyl sites for hydroxylation is 1. The van der Waals surface area contributed by atoms with Crippen LogP contribution < -0.4 is 0 Å². The number of carbonyl (C=O) groups excluding carboxylic acids is 1. The first-order valence-corrected chi connectivity index (χ1v) is 7.08. The molecule has 2 heterocycles. The number of para-hydroxylation sites is 1. The van der Waals surface area contributed by atoms with Gasteiger partial charge in [-0.3, -0.25) is 0 Å². The van der Waals surface area contributed by atoms with Crippen LogP contribution in [0.2, 0.25) is 0 Å². The van der Waals surface area contributed by atoms with Crippen molar-refractivity contribution in [3.05, 3.63) is 36.0 Å². The summed E-state index contributed by atoms with van der Waals surface area (Å²) < 4.78 is 7.07. The van der Waals surface area contributed by atoms with Gasteiger partial charge in [0, 0.05) is 37.3 Å². The number of aromatic nitrogens is 1. The summed E-state index contributed by atoms with van der Waals surface area (Å²) in [5.41, 5.74) is 2.65. The highest BCUT2D eigenvalue weighted by molar-refractivity contribution is 5.81. The van der Waals surface area contributed by atoms with E-state index in [0.29, 0.717) is 5.92 Å². The second kappa shape index (κ2) is 5.19. The van der Waals surface area contributed by atoms with Crippen molar-refractivity contribution >= 4 is 17.0 Å². The smallest absolute Gasteiger partial charge is 0.409 e. The van der Waals surface area contributed by atoms with Gasteiger partial charge in [0.15, 0.2) is 0 Å². The summed E-state index contributed by atoms with van der Waals surface area (Å²) in [6.45, 7) is 1.55. The van der Waals surface area contributed by atoms with E-state index < -0.39 is 0 Å². The summed E-state index contributed by atoms with van der Waals surface area (Å²) >= 11 is 0. The van der Waals surface area contributed by atoms with Gasteiger partial charge in [0.25, 0.3) is 0 Å². The fraction of sp³-hybridized carbons (Fsp3) is 0.438. The molecular formula is C16H20N2O2. The summed E-state index contributed by atoms with van der Waals surface area (Å²) in [6, 6.07) is 10.7. The number of amides is 1. The Morgan fingerprint density at radius 2 is 1.95 bits per heavy atom. The van der Waals surface area contributed by atoms with Gasteiger partial charge in [0.1, 0.15) is 0 Å². The van der Waals surface area contributed by atoms with Crippen LogP contribution in [0.5, 0.6) is 0 Å². The van der Waals surface area contributed by atoms with Gasteiger partial charge in [-0.1, -0.05) is 18.2 Å². The third-order valence-electron chi connectivity index (χ3n) is 4.33. The van der Waals surface area contributed by atoms with E-state index in [4.69, 9.17) is 4.74 Å². The van der Waals surface area contributed by atoms with Gasteiger partial charge in [-0.25, -0.2) is 4.79 Å². The molecule has 0 radical (unpaired) electrons. The lowest BCUT2D eigenvalue weighted by Crippen LogP contribution is -2.38.